The van der Waals surface area contributed by atoms with Crippen molar-refractivity contribution < 1.29 is 26.5 Å². The second kappa shape index (κ2) is 5.00. The number of alkyl halides is 1. The van der Waals surface area contributed by atoms with E-state index in [2.05, 4.69) is 4.18 Å². The van der Waals surface area contributed by atoms with E-state index in [1.54, 1.807) is 20.8 Å². The maximum absolute atomic E-state index is 13.5. The average molecular weight is 283 g/mol. The number of likely N-dealkylation sites (tertiary alicyclic amines) is 1. The van der Waals surface area contributed by atoms with Gasteiger partial charge in [0, 0.05) is 0 Å². The molecule has 0 saturated carbocycles. The Morgan fingerprint density at radius 3 is 2.33 bits per heavy atom. The van der Waals surface area contributed by atoms with Crippen LogP contribution in [0.15, 0.2) is 0 Å². The molecule has 0 aromatic carbocycles. The van der Waals surface area contributed by atoms with Gasteiger partial charge in [-0.3, -0.25) is 4.18 Å². The first-order valence-electron chi connectivity index (χ1n) is 5.48. The first-order valence-corrected chi connectivity index (χ1v) is 7.30. The molecule has 0 radical (unpaired) electrons. The topological polar surface area (TPSA) is 72.9 Å². The standard InChI is InChI=1S/C10H18FNO5S/c1-10(2,3)16-9(13)12-5-7(11)8(6-12)17-18(4,14)15/h7-8H,5-6H2,1-4H3. The van der Waals surface area contributed by atoms with Gasteiger partial charge in [-0.05, 0) is 20.8 Å². The molecule has 8 heteroatoms. The molecule has 18 heavy (non-hydrogen) atoms. The summed E-state index contributed by atoms with van der Waals surface area (Å²) in [5.41, 5.74) is -0.682. The van der Waals surface area contributed by atoms with E-state index in [1.807, 2.05) is 0 Å². The van der Waals surface area contributed by atoms with Crippen LogP contribution in [0.4, 0.5) is 9.18 Å². The Kier molecular flexibility index (Phi) is 4.22. The molecule has 0 N–H and O–H groups in total. The second-order valence-corrected chi connectivity index (χ2v) is 6.84. The molecule has 0 aromatic heterocycles. The zero-order chi connectivity index (χ0) is 14.1. The first kappa shape index (κ1) is 15.2. The molecule has 1 heterocycles. The highest BCUT2D eigenvalue weighted by Crippen LogP contribution is 2.20. The molecule has 0 spiro atoms. The molecule has 106 valence electrons. The molecule has 0 aromatic rings. The molecule has 1 amide bonds. The Morgan fingerprint density at radius 2 is 1.89 bits per heavy atom. The van der Waals surface area contributed by atoms with E-state index in [0.717, 1.165) is 11.2 Å². The summed E-state index contributed by atoms with van der Waals surface area (Å²) in [6.07, 6.45) is -2.53. The maximum atomic E-state index is 13.5. The number of amides is 1. The molecule has 6 nitrogen and oxygen atoms in total. The smallest absolute Gasteiger partial charge is 0.410 e. The van der Waals surface area contributed by atoms with Gasteiger partial charge in [0.25, 0.3) is 10.1 Å². The van der Waals surface area contributed by atoms with E-state index in [-0.39, 0.29) is 13.1 Å². The zero-order valence-corrected chi connectivity index (χ0v) is 11.7. The normalized spacial score (nSPS) is 25.3. The van der Waals surface area contributed by atoms with Crippen LogP contribution in [0.5, 0.6) is 0 Å². The summed E-state index contributed by atoms with van der Waals surface area (Å²) in [5, 5.41) is 0. The Morgan fingerprint density at radius 1 is 1.33 bits per heavy atom. The number of hydrogen-bond acceptors (Lipinski definition) is 5. The van der Waals surface area contributed by atoms with Crippen LogP contribution in [0, 0.1) is 0 Å². The minimum Gasteiger partial charge on any atom is -0.444 e. The molecule has 2 unspecified atom stereocenters. The highest BCUT2D eigenvalue weighted by molar-refractivity contribution is 7.86. The summed E-state index contributed by atoms with van der Waals surface area (Å²) >= 11 is 0. The van der Waals surface area contributed by atoms with Gasteiger partial charge in [-0.15, -0.1) is 0 Å². The molecule has 1 saturated heterocycles. The van der Waals surface area contributed by atoms with Crippen LogP contribution < -0.4 is 0 Å². The van der Waals surface area contributed by atoms with Crippen molar-refractivity contribution in [2.24, 2.45) is 0 Å². The Labute approximate surface area is 106 Å². The number of nitrogens with zero attached hydrogens (tertiary/aromatic N) is 1. The van der Waals surface area contributed by atoms with Crippen molar-refractivity contribution >= 4 is 16.2 Å². The second-order valence-electron chi connectivity index (χ2n) is 5.24. The average Bonchev–Trinajstić information content (AvgIpc) is 2.42. The van der Waals surface area contributed by atoms with E-state index in [9.17, 15) is 17.6 Å². The Balaban J connectivity index is 2.61. The third-order valence-corrected chi connectivity index (χ3v) is 2.75. The molecule has 1 aliphatic rings. The molecule has 2 atom stereocenters. The lowest BCUT2D eigenvalue weighted by molar-refractivity contribution is 0.0274. The molecule has 1 aliphatic heterocycles. The van der Waals surface area contributed by atoms with Gasteiger partial charge in [-0.2, -0.15) is 8.42 Å². The lowest BCUT2D eigenvalue weighted by Crippen LogP contribution is -2.36. The summed E-state index contributed by atoms with van der Waals surface area (Å²) < 4.78 is 45.0. The lowest BCUT2D eigenvalue weighted by Gasteiger charge is -2.24. The van der Waals surface area contributed by atoms with Gasteiger partial charge in [0.15, 0.2) is 0 Å². The van der Waals surface area contributed by atoms with Crippen LogP contribution in [0.1, 0.15) is 20.8 Å². The number of ether oxygens (including phenoxy) is 1. The highest BCUT2D eigenvalue weighted by atomic mass is 32.2. The number of carbonyl (C=O) groups excluding carboxylic acids is 1. The summed E-state index contributed by atoms with van der Waals surface area (Å²) in [5.74, 6) is 0. The third kappa shape index (κ3) is 4.77. The summed E-state index contributed by atoms with van der Waals surface area (Å²) in [4.78, 5) is 12.8. The van der Waals surface area contributed by atoms with E-state index in [0.29, 0.717) is 0 Å². The van der Waals surface area contributed by atoms with Crippen LogP contribution in [-0.4, -0.2) is 56.6 Å². The Hall–Kier alpha value is -0.890. The monoisotopic (exact) mass is 283 g/mol. The maximum Gasteiger partial charge on any atom is 0.410 e. The lowest BCUT2D eigenvalue weighted by atomic mass is 10.2. The quantitative estimate of drug-likeness (QED) is 0.705. The fraction of sp³-hybridized carbons (Fsp3) is 0.900. The fourth-order valence-corrected chi connectivity index (χ4v) is 2.16. The van der Waals surface area contributed by atoms with Crippen LogP contribution in [0.2, 0.25) is 0 Å². The predicted octanol–water partition coefficient (Wildman–Crippen LogP) is 0.920. The SMILES string of the molecule is CC(C)(C)OC(=O)N1CC(F)C(OS(C)(=O)=O)C1. The van der Waals surface area contributed by atoms with E-state index in [4.69, 9.17) is 4.74 Å². The summed E-state index contributed by atoms with van der Waals surface area (Å²) in [6.45, 7) is 4.72. The largest absolute Gasteiger partial charge is 0.444 e. The number of carbonyl (C=O) groups is 1. The van der Waals surface area contributed by atoms with Crippen LogP contribution >= 0.6 is 0 Å². The summed E-state index contributed by atoms with van der Waals surface area (Å²) in [6, 6.07) is 0. The molecule has 1 fully saturated rings. The van der Waals surface area contributed by atoms with Crippen molar-refractivity contribution in [3.63, 3.8) is 0 Å². The molecule has 0 aliphatic carbocycles. The minimum absolute atomic E-state index is 0.136. The van der Waals surface area contributed by atoms with Gasteiger partial charge in [0.05, 0.1) is 19.3 Å². The van der Waals surface area contributed by atoms with E-state index in [1.165, 1.54) is 0 Å². The van der Waals surface area contributed by atoms with Crippen molar-refractivity contribution in [1.82, 2.24) is 4.90 Å². The van der Waals surface area contributed by atoms with Crippen molar-refractivity contribution in [2.45, 2.75) is 38.6 Å². The van der Waals surface area contributed by atoms with Crippen molar-refractivity contribution in [1.29, 1.82) is 0 Å². The fourth-order valence-electron chi connectivity index (χ4n) is 1.53. The molecule has 1 rings (SSSR count). The predicted molar refractivity (Wildman–Crippen MR) is 62.4 cm³/mol. The van der Waals surface area contributed by atoms with Gasteiger partial charge in [-0.25, -0.2) is 9.18 Å². The minimum atomic E-state index is -3.74. The van der Waals surface area contributed by atoms with Crippen molar-refractivity contribution in [3.8, 4) is 0 Å². The summed E-state index contributed by atoms with van der Waals surface area (Å²) in [7, 11) is -3.74. The van der Waals surface area contributed by atoms with Gasteiger partial charge in [-0.1, -0.05) is 0 Å². The van der Waals surface area contributed by atoms with Gasteiger partial charge >= 0.3 is 6.09 Å². The zero-order valence-electron chi connectivity index (χ0n) is 10.8. The van der Waals surface area contributed by atoms with Crippen LogP contribution in [0.25, 0.3) is 0 Å². The van der Waals surface area contributed by atoms with Crippen molar-refractivity contribution in [2.75, 3.05) is 19.3 Å². The first-order chi connectivity index (χ1) is 7.98. The van der Waals surface area contributed by atoms with Gasteiger partial charge in [0.1, 0.15) is 17.9 Å². The van der Waals surface area contributed by atoms with Crippen LogP contribution in [-0.2, 0) is 19.0 Å². The highest BCUT2D eigenvalue weighted by Gasteiger charge is 2.39. The Bertz CT molecular complexity index is 416. The van der Waals surface area contributed by atoms with Crippen LogP contribution in [0.3, 0.4) is 0 Å². The molecular formula is C10H18FNO5S. The van der Waals surface area contributed by atoms with E-state index >= 15 is 0 Å². The van der Waals surface area contributed by atoms with Gasteiger partial charge in [0.2, 0.25) is 0 Å². The van der Waals surface area contributed by atoms with Crippen molar-refractivity contribution in [3.05, 3.63) is 0 Å². The van der Waals surface area contributed by atoms with E-state index < -0.39 is 34.1 Å². The molecule has 0 bridgehead atoms. The number of hydrogen-bond donors (Lipinski definition) is 0. The third-order valence-electron chi connectivity index (χ3n) is 2.15. The number of halogens is 1. The number of rotatable bonds is 2. The molecular weight excluding hydrogens is 265 g/mol. The van der Waals surface area contributed by atoms with Gasteiger partial charge < -0.3 is 9.64 Å².